The number of anilines is 2. The molecule has 7 N–H and O–H groups in total. The number of benzene rings is 1. The van der Waals surface area contributed by atoms with Gasteiger partial charge in [-0.15, -0.1) is 0 Å². The molecule has 88 valence electrons. The zero-order chi connectivity index (χ0) is 12.1. The summed E-state index contributed by atoms with van der Waals surface area (Å²) in [4.78, 5) is 10.6. The number of rotatable bonds is 5. The highest BCUT2D eigenvalue weighted by Crippen LogP contribution is 2.20. The van der Waals surface area contributed by atoms with Crippen LogP contribution in [0.15, 0.2) is 18.2 Å². The lowest BCUT2D eigenvalue weighted by Crippen LogP contribution is -2.32. The van der Waals surface area contributed by atoms with Gasteiger partial charge in [-0.1, -0.05) is 6.07 Å². The molecule has 0 saturated carbocycles. The largest absolute Gasteiger partial charge is 0.480 e. The van der Waals surface area contributed by atoms with Gasteiger partial charge in [0, 0.05) is 17.8 Å². The van der Waals surface area contributed by atoms with Gasteiger partial charge in [-0.25, -0.2) is 0 Å². The second-order valence-electron chi connectivity index (χ2n) is 3.40. The number of nitrogen functional groups attached to an aromatic ring is 1. The quantitative estimate of drug-likeness (QED) is 0.343. The molecule has 1 rings (SSSR count). The van der Waals surface area contributed by atoms with Gasteiger partial charge >= 0.3 is 5.97 Å². The monoisotopic (exact) mass is 225 g/mol. The molecule has 6 nitrogen and oxygen atoms in total. The third kappa shape index (κ3) is 3.11. The number of carboxylic acids is 1. The Balaban J connectivity index is 2.89. The van der Waals surface area contributed by atoms with Gasteiger partial charge in [0.25, 0.3) is 0 Å². The average Bonchev–Trinajstić information content (AvgIpc) is 2.22. The number of carbonyl (C=O) groups is 1. The fraction of sp³-hybridized carbons (Fsp3) is 0.300. The molecule has 16 heavy (non-hydrogen) atoms. The Bertz CT molecular complexity index is 382. The van der Waals surface area contributed by atoms with Gasteiger partial charge in [0.05, 0.1) is 0 Å². The number of aliphatic carboxylic acids is 1. The Labute approximate surface area is 92.9 Å². The van der Waals surface area contributed by atoms with E-state index < -0.39 is 12.0 Å². The number of aliphatic hydroxyl groups excluding tert-OH is 1. The van der Waals surface area contributed by atoms with Gasteiger partial charge in [0.2, 0.25) is 0 Å². The van der Waals surface area contributed by atoms with Crippen LogP contribution in [0, 0.1) is 0 Å². The lowest BCUT2D eigenvalue weighted by molar-refractivity contribution is -0.138. The Morgan fingerprint density at radius 2 is 2.19 bits per heavy atom. The van der Waals surface area contributed by atoms with Crippen molar-refractivity contribution in [3.63, 3.8) is 0 Å². The van der Waals surface area contributed by atoms with E-state index in [9.17, 15) is 4.79 Å². The number of carboxylic acid groups (broad SMARTS) is 1. The fourth-order valence-electron chi connectivity index (χ4n) is 1.35. The van der Waals surface area contributed by atoms with E-state index in [0.29, 0.717) is 16.9 Å². The molecule has 0 aromatic heterocycles. The maximum absolute atomic E-state index is 10.6. The van der Waals surface area contributed by atoms with Gasteiger partial charge < -0.3 is 27.0 Å². The summed E-state index contributed by atoms with van der Waals surface area (Å²) in [5.41, 5.74) is 12.8. The van der Waals surface area contributed by atoms with E-state index in [2.05, 4.69) is 5.32 Å². The van der Waals surface area contributed by atoms with E-state index in [1.807, 2.05) is 0 Å². The molecule has 0 fully saturated rings. The minimum atomic E-state index is -1.06. The summed E-state index contributed by atoms with van der Waals surface area (Å²) in [6, 6.07) is 4.01. The molecule has 0 aliphatic carbocycles. The molecule has 0 heterocycles. The summed E-state index contributed by atoms with van der Waals surface area (Å²) in [6.45, 7) is -0.251. The second-order valence-corrected chi connectivity index (χ2v) is 3.40. The van der Waals surface area contributed by atoms with Crippen molar-refractivity contribution >= 4 is 17.3 Å². The first kappa shape index (κ1) is 12.3. The minimum Gasteiger partial charge on any atom is -0.480 e. The van der Waals surface area contributed by atoms with Crippen molar-refractivity contribution in [2.45, 2.75) is 12.5 Å². The Morgan fingerprint density at radius 3 is 2.75 bits per heavy atom. The van der Waals surface area contributed by atoms with Gasteiger partial charge in [-0.05, 0) is 17.7 Å². The van der Waals surface area contributed by atoms with Crippen LogP contribution >= 0.6 is 0 Å². The minimum absolute atomic E-state index is 0.179. The van der Waals surface area contributed by atoms with Crippen molar-refractivity contribution < 1.29 is 15.0 Å². The Morgan fingerprint density at radius 1 is 1.50 bits per heavy atom. The van der Waals surface area contributed by atoms with Crippen molar-refractivity contribution in [2.75, 3.05) is 17.8 Å². The molecule has 0 unspecified atom stereocenters. The van der Waals surface area contributed by atoms with Gasteiger partial charge in [0.15, 0.2) is 0 Å². The first-order chi connectivity index (χ1) is 7.54. The molecule has 0 radical (unpaired) electrons. The van der Waals surface area contributed by atoms with Crippen LogP contribution in [0.2, 0.25) is 0 Å². The number of hydrogen-bond donors (Lipinski definition) is 5. The van der Waals surface area contributed by atoms with Crippen LogP contribution in [0.3, 0.4) is 0 Å². The molecule has 0 bridgehead atoms. The predicted octanol–water partition coefficient (Wildman–Crippen LogP) is -0.415. The van der Waals surface area contributed by atoms with Gasteiger partial charge in [-0.2, -0.15) is 0 Å². The molecule has 1 aromatic carbocycles. The van der Waals surface area contributed by atoms with E-state index >= 15 is 0 Å². The molecule has 0 amide bonds. The van der Waals surface area contributed by atoms with E-state index in [1.54, 1.807) is 18.2 Å². The van der Waals surface area contributed by atoms with Crippen molar-refractivity contribution in [2.24, 2.45) is 5.73 Å². The van der Waals surface area contributed by atoms with Crippen molar-refractivity contribution in [3.8, 4) is 0 Å². The smallest absolute Gasteiger partial charge is 0.320 e. The van der Waals surface area contributed by atoms with Crippen molar-refractivity contribution in [1.29, 1.82) is 0 Å². The average molecular weight is 225 g/mol. The van der Waals surface area contributed by atoms with Gasteiger partial charge in [0.1, 0.15) is 12.8 Å². The van der Waals surface area contributed by atoms with Gasteiger partial charge in [-0.3, -0.25) is 4.79 Å². The molecule has 1 aromatic rings. The molecule has 0 saturated heterocycles. The van der Waals surface area contributed by atoms with Crippen LogP contribution in [0.25, 0.3) is 0 Å². The predicted molar refractivity (Wildman–Crippen MR) is 60.9 cm³/mol. The summed E-state index contributed by atoms with van der Waals surface area (Å²) in [5, 5.41) is 20.2. The zero-order valence-electron chi connectivity index (χ0n) is 8.68. The second kappa shape index (κ2) is 5.34. The third-order valence-corrected chi connectivity index (χ3v) is 2.16. The van der Waals surface area contributed by atoms with E-state index in [1.165, 1.54) is 0 Å². The van der Waals surface area contributed by atoms with E-state index in [-0.39, 0.29) is 13.2 Å². The van der Waals surface area contributed by atoms with Crippen LogP contribution < -0.4 is 16.8 Å². The first-order valence-corrected chi connectivity index (χ1v) is 4.76. The maximum atomic E-state index is 10.6. The summed E-state index contributed by atoms with van der Waals surface area (Å²) in [6.07, 6.45) is 0.179. The number of aliphatic hydroxyl groups is 1. The van der Waals surface area contributed by atoms with Crippen LogP contribution in [0.5, 0.6) is 0 Å². The highest BCUT2D eigenvalue weighted by atomic mass is 16.4. The third-order valence-electron chi connectivity index (χ3n) is 2.16. The number of nitrogens with two attached hydrogens (primary N) is 2. The van der Waals surface area contributed by atoms with E-state index in [0.717, 1.165) is 0 Å². The topological polar surface area (TPSA) is 122 Å². The maximum Gasteiger partial charge on any atom is 0.320 e. The molecular weight excluding hydrogens is 210 g/mol. The summed E-state index contributed by atoms with van der Waals surface area (Å²) in [7, 11) is 0. The normalized spacial score (nSPS) is 12.1. The van der Waals surface area contributed by atoms with E-state index in [4.69, 9.17) is 21.7 Å². The lowest BCUT2D eigenvalue weighted by atomic mass is 10.0. The highest BCUT2D eigenvalue weighted by molar-refractivity contribution is 5.74. The standard InChI is InChI=1S/C10H15N3O3/c11-7-2-1-6(3-8(12)10(15)16)9(4-7)13-5-14/h1-2,4,8,13-14H,3,5,11-12H2,(H,15,16)/t8-/m0/s1. The fourth-order valence-corrected chi connectivity index (χ4v) is 1.35. The van der Waals surface area contributed by atoms with Crippen molar-refractivity contribution in [1.82, 2.24) is 0 Å². The molecule has 0 spiro atoms. The van der Waals surface area contributed by atoms with Crippen LogP contribution in [0.4, 0.5) is 11.4 Å². The Kier molecular flexibility index (Phi) is 4.10. The molecule has 0 aliphatic rings. The number of hydrogen-bond acceptors (Lipinski definition) is 5. The van der Waals surface area contributed by atoms with Crippen LogP contribution in [-0.4, -0.2) is 29.0 Å². The summed E-state index contributed by atoms with van der Waals surface area (Å²) in [5.74, 6) is -1.06. The summed E-state index contributed by atoms with van der Waals surface area (Å²) < 4.78 is 0. The summed E-state index contributed by atoms with van der Waals surface area (Å²) >= 11 is 0. The molecule has 0 aliphatic heterocycles. The first-order valence-electron chi connectivity index (χ1n) is 4.76. The lowest BCUT2D eigenvalue weighted by Gasteiger charge is -2.13. The molecule has 6 heteroatoms. The zero-order valence-corrected chi connectivity index (χ0v) is 8.68. The van der Waals surface area contributed by atoms with Crippen molar-refractivity contribution in [3.05, 3.63) is 23.8 Å². The number of nitrogens with one attached hydrogen (secondary N) is 1. The molecule has 1 atom stereocenters. The Hall–Kier alpha value is -1.79. The van der Waals surface area contributed by atoms with Crippen LogP contribution in [-0.2, 0) is 11.2 Å². The van der Waals surface area contributed by atoms with Crippen LogP contribution in [0.1, 0.15) is 5.56 Å². The SMILES string of the molecule is Nc1ccc(C[C@H](N)C(=O)O)c(NCO)c1. The highest BCUT2D eigenvalue weighted by Gasteiger charge is 2.14. The molecular formula is C10H15N3O3.